The third-order valence-electron chi connectivity index (χ3n) is 1.32. The molecule has 0 atom stereocenters. The first-order valence-electron chi connectivity index (χ1n) is 3.02. The van der Waals surface area contributed by atoms with E-state index in [9.17, 15) is 3.74 Å². The molecule has 0 aliphatic heterocycles. The number of hydrogen-bond donors (Lipinski definition) is 3. The minimum atomic E-state index is -4.75. The summed E-state index contributed by atoms with van der Waals surface area (Å²) in [4.78, 5) is 0. The maximum atomic E-state index is 10.8. The number of nitrogens with two attached hydrogens (primary N) is 1. The predicted molar refractivity (Wildman–Crippen MR) is 49.1 cm³/mol. The summed E-state index contributed by atoms with van der Waals surface area (Å²) in [5, 5.41) is 0. The van der Waals surface area contributed by atoms with E-state index < -0.39 is 14.2 Å². The second kappa shape index (κ2) is 3.26. The maximum absolute atomic E-state index is 10.8. The molecule has 4 nitrogen and oxygen atoms in total. The van der Waals surface area contributed by atoms with Crippen molar-refractivity contribution in [3.63, 3.8) is 0 Å². The summed E-state index contributed by atoms with van der Waals surface area (Å²) in [6.45, 7) is 0. The molecular formula is C6H7AsBrNO3. The number of benzene rings is 1. The number of nitrogen functional groups attached to an aromatic ring is 1. The van der Waals surface area contributed by atoms with E-state index in [-0.39, 0.29) is 4.35 Å². The predicted octanol–water partition coefficient (Wildman–Crippen LogP) is -0.408. The molecule has 12 heavy (non-hydrogen) atoms. The number of anilines is 1. The molecule has 4 N–H and O–H groups in total. The van der Waals surface area contributed by atoms with Crippen LogP contribution in [0.4, 0.5) is 5.69 Å². The zero-order valence-corrected chi connectivity index (χ0v) is 9.40. The van der Waals surface area contributed by atoms with E-state index in [1.165, 1.54) is 18.2 Å². The minimum absolute atomic E-state index is 0.0224. The van der Waals surface area contributed by atoms with Crippen LogP contribution in [-0.4, -0.2) is 22.4 Å². The van der Waals surface area contributed by atoms with E-state index in [1.807, 2.05) is 0 Å². The normalized spacial score (nSPS) is 11.6. The molecule has 0 aliphatic carbocycles. The fourth-order valence-electron chi connectivity index (χ4n) is 0.697. The van der Waals surface area contributed by atoms with Gasteiger partial charge >= 0.3 is 80.5 Å². The molecule has 6 heteroatoms. The van der Waals surface area contributed by atoms with Crippen molar-refractivity contribution in [2.24, 2.45) is 0 Å². The first-order valence-corrected chi connectivity index (χ1v) is 7.20. The van der Waals surface area contributed by atoms with Crippen molar-refractivity contribution in [1.29, 1.82) is 0 Å². The number of halogens is 1. The van der Waals surface area contributed by atoms with Gasteiger partial charge < -0.3 is 0 Å². The van der Waals surface area contributed by atoms with Crippen LogP contribution in [0.1, 0.15) is 0 Å². The topological polar surface area (TPSA) is 83.6 Å². The van der Waals surface area contributed by atoms with Gasteiger partial charge in [-0.25, -0.2) is 0 Å². The van der Waals surface area contributed by atoms with Gasteiger partial charge in [-0.15, -0.1) is 0 Å². The van der Waals surface area contributed by atoms with Crippen LogP contribution in [0.3, 0.4) is 0 Å². The van der Waals surface area contributed by atoms with Gasteiger partial charge in [-0.3, -0.25) is 0 Å². The van der Waals surface area contributed by atoms with E-state index in [2.05, 4.69) is 15.9 Å². The fourth-order valence-corrected chi connectivity index (χ4v) is 2.65. The Morgan fingerprint density at radius 1 is 1.42 bits per heavy atom. The Morgan fingerprint density at radius 3 is 2.42 bits per heavy atom. The molecule has 1 rings (SSSR count). The molecular weight excluding hydrogens is 289 g/mol. The second-order valence-corrected chi connectivity index (χ2v) is 6.47. The molecule has 0 saturated heterocycles. The fraction of sp³-hybridized carbons (Fsp3) is 0. The van der Waals surface area contributed by atoms with Crippen LogP contribution < -0.4 is 10.1 Å². The Balaban J connectivity index is 3.23. The Hall–Kier alpha value is -0.222. The standard InChI is InChI=1S/C6H7AsBrNO3/c8-5-3-4(7(10,11)12)1-2-6(5)9/h1-3H,9H2,(H2,10,11,12). The van der Waals surface area contributed by atoms with Crippen LogP contribution in [0.25, 0.3) is 0 Å². The van der Waals surface area contributed by atoms with Crippen molar-refractivity contribution in [1.82, 2.24) is 0 Å². The third kappa shape index (κ3) is 2.14. The first kappa shape index (κ1) is 9.86. The monoisotopic (exact) mass is 295 g/mol. The van der Waals surface area contributed by atoms with Gasteiger partial charge in [-0.2, -0.15) is 0 Å². The third-order valence-corrected chi connectivity index (χ3v) is 4.00. The van der Waals surface area contributed by atoms with Gasteiger partial charge in [0.05, 0.1) is 0 Å². The van der Waals surface area contributed by atoms with Gasteiger partial charge in [0.2, 0.25) is 0 Å². The van der Waals surface area contributed by atoms with E-state index in [0.717, 1.165) is 0 Å². The quantitative estimate of drug-likeness (QED) is 0.486. The van der Waals surface area contributed by atoms with Crippen LogP contribution in [0.15, 0.2) is 22.7 Å². The van der Waals surface area contributed by atoms with Gasteiger partial charge in [0, 0.05) is 0 Å². The van der Waals surface area contributed by atoms with Crippen molar-refractivity contribution in [2.45, 2.75) is 0 Å². The summed E-state index contributed by atoms with van der Waals surface area (Å²) in [6, 6.07) is 4.13. The Bertz CT molecular complexity index is 349. The van der Waals surface area contributed by atoms with Crippen molar-refractivity contribution in [3.05, 3.63) is 22.7 Å². The molecule has 0 fully saturated rings. The second-order valence-electron chi connectivity index (χ2n) is 2.25. The molecule has 1 aromatic rings. The van der Waals surface area contributed by atoms with E-state index in [0.29, 0.717) is 10.2 Å². The molecule has 0 aliphatic rings. The van der Waals surface area contributed by atoms with Crippen LogP contribution in [-0.2, 0) is 3.74 Å². The zero-order valence-electron chi connectivity index (χ0n) is 5.94. The molecule has 66 valence electrons. The van der Waals surface area contributed by atoms with Crippen molar-refractivity contribution < 1.29 is 11.9 Å². The summed E-state index contributed by atoms with van der Waals surface area (Å²) in [5.41, 5.74) is 5.90. The van der Waals surface area contributed by atoms with Crippen molar-refractivity contribution in [3.8, 4) is 0 Å². The molecule has 0 heterocycles. The summed E-state index contributed by atoms with van der Waals surface area (Å²) in [7, 11) is 0. The summed E-state index contributed by atoms with van der Waals surface area (Å²) in [5.74, 6) is 0. The first-order chi connectivity index (χ1) is 5.41. The summed E-state index contributed by atoms with van der Waals surface area (Å²) < 4.78 is 28.9. The average molecular weight is 296 g/mol. The van der Waals surface area contributed by atoms with Crippen LogP contribution in [0.2, 0.25) is 0 Å². The molecule has 0 radical (unpaired) electrons. The summed E-state index contributed by atoms with van der Waals surface area (Å²) in [6.07, 6.45) is 0. The Morgan fingerprint density at radius 2 is 2.00 bits per heavy atom. The van der Waals surface area contributed by atoms with Crippen LogP contribution in [0, 0.1) is 0 Å². The van der Waals surface area contributed by atoms with Gasteiger partial charge in [0.25, 0.3) is 0 Å². The molecule has 1 aromatic carbocycles. The van der Waals surface area contributed by atoms with Gasteiger partial charge in [0.1, 0.15) is 0 Å². The van der Waals surface area contributed by atoms with Crippen LogP contribution in [0.5, 0.6) is 0 Å². The van der Waals surface area contributed by atoms with Crippen LogP contribution >= 0.6 is 15.9 Å². The number of rotatable bonds is 1. The molecule has 0 saturated carbocycles. The van der Waals surface area contributed by atoms with Crippen molar-refractivity contribution >= 4 is 40.1 Å². The molecule has 0 unspecified atom stereocenters. The van der Waals surface area contributed by atoms with Gasteiger partial charge in [-0.05, 0) is 0 Å². The van der Waals surface area contributed by atoms with Gasteiger partial charge in [0.15, 0.2) is 0 Å². The van der Waals surface area contributed by atoms with Gasteiger partial charge in [-0.1, -0.05) is 0 Å². The van der Waals surface area contributed by atoms with E-state index in [1.54, 1.807) is 0 Å². The molecule has 0 bridgehead atoms. The SMILES string of the molecule is Nc1ccc([As](=O)(O)O)cc1Br. The molecule has 0 aromatic heterocycles. The molecule has 0 amide bonds. The van der Waals surface area contributed by atoms with Crippen molar-refractivity contribution in [2.75, 3.05) is 5.73 Å². The van der Waals surface area contributed by atoms with E-state index >= 15 is 0 Å². The zero-order chi connectivity index (χ0) is 9.35. The average Bonchev–Trinajstić information content (AvgIpc) is 1.92. The molecule has 0 spiro atoms. The van der Waals surface area contributed by atoms with E-state index in [4.69, 9.17) is 13.9 Å². The Kier molecular flexibility index (Phi) is 2.68. The summed E-state index contributed by atoms with van der Waals surface area (Å²) >= 11 is -1.67. The number of hydrogen-bond acceptors (Lipinski definition) is 2. The Labute approximate surface area is 80.5 Å².